The first kappa shape index (κ1) is 14.3. The van der Waals surface area contributed by atoms with E-state index in [0.717, 1.165) is 5.56 Å². The molecule has 20 heavy (non-hydrogen) atoms. The van der Waals surface area contributed by atoms with E-state index in [1.165, 1.54) is 12.1 Å². The molecule has 0 heterocycles. The van der Waals surface area contributed by atoms with E-state index in [9.17, 15) is 15.2 Å². The van der Waals surface area contributed by atoms with E-state index >= 15 is 0 Å². The molecular formula is C14H12ClNO4. The lowest BCUT2D eigenvalue weighted by Gasteiger charge is -2.12. The average molecular weight is 294 g/mol. The number of ether oxygens (including phenoxy) is 1. The second-order valence-electron chi connectivity index (χ2n) is 4.22. The Morgan fingerprint density at radius 3 is 2.65 bits per heavy atom. The van der Waals surface area contributed by atoms with Crippen LogP contribution in [0, 0.1) is 17.0 Å². The first-order valence-electron chi connectivity index (χ1n) is 5.83. The van der Waals surface area contributed by atoms with Crippen molar-refractivity contribution in [3.05, 3.63) is 62.7 Å². The maximum atomic E-state index is 10.8. The van der Waals surface area contributed by atoms with Crippen molar-refractivity contribution in [3.63, 3.8) is 0 Å². The van der Waals surface area contributed by atoms with Gasteiger partial charge in [-0.05, 0) is 36.8 Å². The fourth-order valence-corrected chi connectivity index (χ4v) is 1.90. The number of nitrogens with zero attached hydrogens (tertiary/aromatic N) is 1. The third-order valence-corrected chi connectivity index (χ3v) is 3.03. The number of halogens is 1. The van der Waals surface area contributed by atoms with Gasteiger partial charge >= 0.3 is 0 Å². The third-order valence-electron chi connectivity index (χ3n) is 2.80. The van der Waals surface area contributed by atoms with Crippen LogP contribution in [-0.2, 0) is 6.61 Å². The van der Waals surface area contributed by atoms with Crippen molar-refractivity contribution in [1.82, 2.24) is 0 Å². The number of benzene rings is 2. The van der Waals surface area contributed by atoms with Crippen molar-refractivity contribution in [3.8, 4) is 11.5 Å². The predicted molar refractivity (Wildman–Crippen MR) is 75.3 cm³/mol. The van der Waals surface area contributed by atoms with E-state index < -0.39 is 4.92 Å². The zero-order valence-electron chi connectivity index (χ0n) is 10.7. The summed E-state index contributed by atoms with van der Waals surface area (Å²) in [7, 11) is 0. The molecule has 0 unspecified atom stereocenters. The zero-order valence-corrected chi connectivity index (χ0v) is 11.4. The van der Waals surface area contributed by atoms with Crippen LogP contribution in [0.2, 0.25) is 5.02 Å². The van der Waals surface area contributed by atoms with Crippen molar-refractivity contribution in [2.75, 3.05) is 0 Å². The fraction of sp³-hybridized carbons (Fsp3) is 0.143. The Bertz CT molecular complexity index is 658. The van der Waals surface area contributed by atoms with Crippen LogP contribution < -0.4 is 4.74 Å². The van der Waals surface area contributed by atoms with Gasteiger partial charge in [-0.25, -0.2) is 0 Å². The van der Waals surface area contributed by atoms with Crippen LogP contribution >= 0.6 is 11.6 Å². The van der Waals surface area contributed by atoms with Crippen LogP contribution in [0.3, 0.4) is 0 Å². The topological polar surface area (TPSA) is 72.6 Å². The maximum absolute atomic E-state index is 10.8. The highest BCUT2D eigenvalue weighted by atomic mass is 35.5. The number of hydrogen-bond acceptors (Lipinski definition) is 4. The summed E-state index contributed by atoms with van der Waals surface area (Å²) in [6.07, 6.45) is 0. The van der Waals surface area contributed by atoms with Gasteiger partial charge in [0.25, 0.3) is 5.69 Å². The monoisotopic (exact) mass is 293 g/mol. The zero-order chi connectivity index (χ0) is 14.7. The summed E-state index contributed by atoms with van der Waals surface area (Å²) >= 11 is 5.84. The van der Waals surface area contributed by atoms with Gasteiger partial charge in [-0.2, -0.15) is 0 Å². The van der Waals surface area contributed by atoms with Crippen LogP contribution in [0.4, 0.5) is 5.69 Å². The van der Waals surface area contributed by atoms with Gasteiger partial charge in [0.05, 0.1) is 17.6 Å². The number of aryl methyl sites for hydroxylation is 1. The van der Waals surface area contributed by atoms with Crippen LogP contribution in [0.5, 0.6) is 11.5 Å². The van der Waals surface area contributed by atoms with Crippen molar-refractivity contribution in [1.29, 1.82) is 0 Å². The molecule has 0 aliphatic carbocycles. The highest BCUT2D eigenvalue weighted by Gasteiger charge is 2.12. The minimum Gasteiger partial charge on any atom is -0.456 e. The molecule has 0 atom stereocenters. The Kier molecular flexibility index (Phi) is 4.22. The standard InChI is InChI=1S/C14H12ClNO4/c1-9-2-4-12(16(18)19)7-14(9)20-13-5-3-11(15)6-10(13)8-17/h2-7,17H,8H2,1H3. The Balaban J connectivity index is 2.39. The SMILES string of the molecule is Cc1ccc([N+](=O)[O-])cc1Oc1ccc(Cl)cc1CO. The summed E-state index contributed by atoms with van der Waals surface area (Å²) < 4.78 is 5.65. The lowest BCUT2D eigenvalue weighted by atomic mass is 10.2. The van der Waals surface area contributed by atoms with Crippen LogP contribution in [0.1, 0.15) is 11.1 Å². The molecule has 2 aromatic carbocycles. The molecule has 1 N–H and O–H groups in total. The van der Waals surface area contributed by atoms with Crippen LogP contribution in [0.25, 0.3) is 0 Å². The summed E-state index contributed by atoms with van der Waals surface area (Å²) in [6.45, 7) is 1.55. The molecule has 0 bridgehead atoms. The van der Waals surface area contributed by atoms with E-state index in [4.69, 9.17) is 16.3 Å². The molecule has 2 rings (SSSR count). The lowest BCUT2D eigenvalue weighted by Crippen LogP contribution is -1.95. The number of aliphatic hydroxyl groups is 1. The Morgan fingerprint density at radius 1 is 1.25 bits per heavy atom. The number of aliphatic hydroxyl groups excluding tert-OH is 1. The molecule has 0 fully saturated rings. The van der Waals surface area contributed by atoms with Gasteiger partial charge in [0.2, 0.25) is 0 Å². The van der Waals surface area contributed by atoms with Gasteiger partial charge in [-0.15, -0.1) is 0 Å². The van der Waals surface area contributed by atoms with Gasteiger partial charge in [0.1, 0.15) is 11.5 Å². The van der Waals surface area contributed by atoms with Crippen LogP contribution in [0.15, 0.2) is 36.4 Å². The van der Waals surface area contributed by atoms with Crippen molar-refractivity contribution in [2.45, 2.75) is 13.5 Å². The first-order chi connectivity index (χ1) is 9.51. The molecule has 104 valence electrons. The molecule has 0 aromatic heterocycles. The molecule has 0 saturated heterocycles. The summed E-state index contributed by atoms with van der Waals surface area (Å²) in [5.41, 5.74) is 1.22. The number of rotatable bonds is 4. The minimum atomic E-state index is -0.485. The smallest absolute Gasteiger partial charge is 0.273 e. The van der Waals surface area contributed by atoms with Gasteiger partial charge in [-0.3, -0.25) is 10.1 Å². The number of nitro groups is 1. The molecular weight excluding hydrogens is 282 g/mol. The molecule has 0 aliphatic heterocycles. The minimum absolute atomic E-state index is 0.0508. The van der Waals surface area contributed by atoms with Gasteiger partial charge in [0.15, 0.2) is 0 Å². The predicted octanol–water partition coefficient (Wildman–Crippen LogP) is 3.84. The lowest BCUT2D eigenvalue weighted by molar-refractivity contribution is -0.384. The van der Waals surface area contributed by atoms with Crippen molar-refractivity contribution >= 4 is 17.3 Å². The van der Waals surface area contributed by atoms with Crippen molar-refractivity contribution in [2.24, 2.45) is 0 Å². The molecule has 0 spiro atoms. The summed E-state index contributed by atoms with van der Waals surface area (Å²) in [5.74, 6) is 0.789. The third kappa shape index (κ3) is 3.07. The quantitative estimate of drug-likeness (QED) is 0.686. The molecule has 2 aromatic rings. The normalized spacial score (nSPS) is 10.3. The molecule has 5 nitrogen and oxygen atoms in total. The number of nitro benzene ring substituents is 1. The Labute approximate surface area is 120 Å². The molecule has 0 amide bonds. The second kappa shape index (κ2) is 5.90. The van der Waals surface area contributed by atoms with Crippen LogP contribution in [-0.4, -0.2) is 10.0 Å². The Morgan fingerprint density at radius 2 is 2.00 bits per heavy atom. The largest absolute Gasteiger partial charge is 0.456 e. The fourth-order valence-electron chi connectivity index (χ4n) is 1.70. The average Bonchev–Trinajstić information content (AvgIpc) is 2.42. The molecule has 0 saturated carbocycles. The second-order valence-corrected chi connectivity index (χ2v) is 4.66. The summed E-state index contributed by atoms with van der Waals surface area (Å²) in [5, 5.41) is 20.5. The van der Waals surface area contributed by atoms with Gasteiger partial charge in [0, 0.05) is 16.7 Å². The van der Waals surface area contributed by atoms with E-state index in [2.05, 4.69) is 0 Å². The van der Waals surface area contributed by atoms with Gasteiger partial charge in [-0.1, -0.05) is 11.6 Å². The first-order valence-corrected chi connectivity index (χ1v) is 6.21. The maximum Gasteiger partial charge on any atom is 0.273 e. The van der Waals surface area contributed by atoms with Crippen molar-refractivity contribution < 1.29 is 14.8 Å². The molecule has 0 aliphatic rings. The summed E-state index contributed by atoms with van der Waals surface area (Å²) in [6, 6.07) is 9.21. The number of hydrogen-bond donors (Lipinski definition) is 1. The van der Waals surface area contributed by atoms with E-state index in [1.54, 1.807) is 31.2 Å². The summed E-state index contributed by atoms with van der Waals surface area (Å²) in [4.78, 5) is 10.3. The highest BCUT2D eigenvalue weighted by Crippen LogP contribution is 2.32. The highest BCUT2D eigenvalue weighted by molar-refractivity contribution is 6.30. The van der Waals surface area contributed by atoms with Gasteiger partial charge < -0.3 is 9.84 Å². The van der Waals surface area contributed by atoms with E-state index in [1.807, 2.05) is 0 Å². The molecule has 0 radical (unpaired) electrons. The van der Waals surface area contributed by atoms with E-state index in [-0.39, 0.29) is 12.3 Å². The van der Waals surface area contributed by atoms with E-state index in [0.29, 0.717) is 22.1 Å². The number of non-ortho nitro benzene ring substituents is 1. The molecule has 6 heteroatoms. The Hall–Kier alpha value is -2.11.